The number of nitrogens with zero attached hydrogens (tertiary/aromatic N) is 1. The summed E-state index contributed by atoms with van der Waals surface area (Å²) in [6.45, 7) is 0. The van der Waals surface area contributed by atoms with Gasteiger partial charge in [0, 0.05) is 6.07 Å². The summed E-state index contributed by atoms with van der Waals surface area (Å²) in [5.41, 5.74) is -0.497. The molecule has 0 saturated heterocycles. The second-order valence-corrected chi connectivity index (χ2v) is 4.12. The maximum Gasteiger partial charge on any atom is 0.282 e. The van der Waals surface area contributed by atoms with Gasteiger partial charge in [-0.2, -0.15) is 0 Å². The van der Waals surface area contributed by atoms with E-state index in [1.54, 1.807) is 22.6 Å². The van der Waals surface area contributed by atoms with Gasteiger partial charge in [-0.25, -0.2) is 0 Å². The zero-order valence-electron chi connectivity index (χ0n) is 6.46. The van der Waals surface area contributed by atoms with Crippen LogP contribution in [0, 0.1) is 13.7 Å². The quantitative estimate of drug-likeness (QED) is 0.358. The van der Waals surface area contributed by atoms with Crippen molar-refractivity contribution >= 4 is 56.7 Å². The van der Waals surface area contributed by atoms with E-state index in [2.05, 4.69) is 0 Å². The van der Waals surface area contributed by atoms with Gasteiger partial charge in [0.15, 0.2) is 0 Å². The van der Waals surface area contributed by atoms with Crippen molar-refractivity contribution in [2.24, 2.45) is 0 Å². The summed E-state index contributed by atoms with van der Waals surface area (Å²) in [5.74, 6) is 0. The van der Waals surface area contributed by atoms with E-state index in [0.717, 1.165) is 6.07 Å². The molecule has 0 N–H and O–H groups in total. The van der Waals surface area contributed by atoms with Crippen molar-refractivity contribution in [1.82, 2.24) is 0 Å². The highest BCUT2D eigenvalue weighted by Gasteiger charge is 2.23. The Morgan fingerprint density at radius 2 is 2.07 bits per heavy atom. The van der Waals surface area contributed by atoms with E-state index in [4.69, 9.17) is 23.2 Å². The molecule has 0 aliphatic carbocycles. The Bertz CT molecular complexity index is 422. The van der Waals surface area contributed by atoms with Crippen molar-refractivity contribution in [3.8, 4) is 0 Å². The summed E-state index contributed by atoms with van der Waals surface area (Å²) in [7, 11) is 0. The van der Waals surface area contributed by atoms with E-state index >= 15 is 0 Å². The number of carbonyl (C=O) groups excluding carboxylic acids is 1. The molecule has 14 heavy (non-hydrogen) atoms. The minimum atomic E-state index is -0.886. The van der Waals surface area contributed by atoms with Crippen molar-refractivity contribution in [3.63, 3.8) is 0 Å². The third-order valence-corrected chi connectivity index (χ3v) is 3.41. The number of benzene rings is 1. The molecule has 0 unspecified atom stereocenters. The fourth-order valence-electron chi connectivity index (χ4n) is 0.880. The van der Waals surface area contributed by atoms with Gasteiger partial charge in [-0.05, 0) is 40.3 Å². The molecule has 0 amide bonds. The number of carbonyl (C=O) groups is 1. The van der Waals surface area contributed by atoms with E-state index in [0.29, 0.717) is 3.57 Å². The number of nitro benzene ring substituents is 1. The van der Waals surface area contributed by atoms with Crippen molar-refractivity contribution in [3.05, 3.63) is 36.4 Å². The predicted molar refractivity (Wildman–Crippen MR) is 61.0 cm³/mol. The van der Waals surface area contributed by atoms with Gasteiger partial charge < -0.3 is 0 Å². The molecular formula is C7H2Cl2INO3. The maximum absolute atomic E-state index is 10.9. The first-order chi connectivity index (χ1) is 6.45. The minimum absolute atomic E-state index is 0.162. The highest BCUT2D eigenvalue weighted by atomic mass is 127. The Kier molecular flexibility index (Phi) is 3.68. The number of hydrogen-bond donors (Lipinski definition) is 0. The van der Waals surface area contributed by atoms with E-state index in [1.807, 2.05) is 0 Å². The smallest absolute Gasteiger partial charge is 0.275 e. The summed E-state index contributed by atoms with van der Waals surface area (Å²) in [6, 6.07) is 2.50. The lowest BCUT2D eigenvalue weighted by atomic mass is 10.2. The molecule has 1 rings (SSSR count). The molecule has 0 aliphatic rings. The van der Waals surface area contributed by atoms with Crippen LogP contribution in [0.15, 0.2) is 12.1 Å². The molecule has 0 aliphatic heterocycles. The van der Waals surface area contributed by atoms with Gasteiger partial charge in [-0.1, -0.05) is 11.6 Å². The van der Waals surface area contributed by atoms with Gasteiger partial charge in [-0.3, -0.25) is 14.9 Å². The highest BCUT2D eigenvalue weighted by Crippen LogP contribution is 2.30. The molecule has 0 fully saturated rings. The van der Waals surface area contributed by atoms with Crippen molar-refractivity contribution in [1.29, 1.82) is 0 Å². The molecule has 0 spiro atoms. The largest absolute Gasteiger partial charge is 0.282 e. The molecule has 4 nitrogen and oxygen atoms in total. The molecule has 74 valence electrons. The SMILES string of the molecule is O=C(Cl)c1c([N+](=O)[O-])ccc(Cl)c1I. The van der Waals surface area contributed by atoms with Crippen LogP contribution >= 0.6 is 45.8 Å². The lowest BCUT2D eigenvalue weighted by molar-refractivity contribution is -0.385. The number of hydrogen-bond acceptors (Lipinski definition) is 3. The molecule has 0 radical (unpaired) electrons. The Balaban J connectivity index is 3.53. The first-order valence-electron chi connectivity index (χ1n) is 3.27. The standard InChI is InChI=1S/C7H2Cl2INO3/c8-3-1-2-4(11(13)14)5(6(3)10)7(9)12/h1-2H. The highest BCUT2D eigenvalue weighted by molar-refractivity contribution is 14.1. The average Bonchev–Trinajstić information content (AvgIpc) is 2.08. The molecule has 0 atom stereocenters. The van der Waals surface area contributed by atoms with Gasteiger partial charge in [0.05, 0.1) is 13.5 Å². The monoisotopic (exact) mass is 345 g/mol. The zero-order valence-corrected chi connectivity index (χ0v) is 10.1. The lowest BCUT2D eigenvalue weighted by Crippen LogP contribution is -2.01. The van der Waals surface area contributed by atoms with Gasteiger partial charge >= 0.3 is 0 Å². The van der Waals surface area contributed by atoms with Crippen LogP contribution in [-0.4, -0.2) is 10.2 Å². The van der Waals surface area contributed by atoms with Crippen molar-refractivity contribution in [2.75, 3.05) is 0 Å². The molecular weight excluding hydrogens is 344 g/mol. The van der Waals surface area contributed by atoms with Crippen LogP contribution in [0.25, 0.3) is 0 Å². The van der Waals surface area contributed by atoms with Crippen LogP contribution in [-0.2, 0) is 0 Å². The summed E-state index contributed by atoms with van der Waals surface area (Å²) in [5, 5.41) is 9.92. The molecule has 7 heteroatoms. The third kappa shape index (κ3) is 2.15. The maximum atomic E-state index is 10.9. The van der Waals surface area contributed by atoms with Gasteiger partial charge in [-0.15, -0.1) is 0 Å². The van der Waals surface area contributed by atoms with E-state index in [1.165, 1.54) is 6.07 Å². The molecule has 1 aromatic carbocycles. The zero-order chi connectivity index (χ0) is 10.9. The second kappa shape index (κ2) is 4.41. The Morgan fingerprint density at radius 3 is 2.50 bits per heavy atom. The average molecular weight is 346 g/mol. The first kappa shape index (κ1) is 11.7. The van der Waals surface area contributed by atoms with Gasteiger partial charge in [0.25, 0.3) is 10.9 Å². The normalized spacial score (nSPS) is 9.93. The first-order valence-corrected chi connectivity index (χ1v) is 5.11. The van der Waals surface area contributed by atoms with Crippen LogP contribution < -0.4 is 0 Å². The van der Waals surface area contributed by atoms with Crippen molar-refractivity contribution in [2.45, 2.75) is 0 Å². The van der Waals surface area contributed by atoms with E-state index in [9.17, 15) is 14.9 Å². The Labute approximate surface area is 102 Å². The van der Waals surface area contributed by atoms with Crippen LogP contribution in [0.2, 0.25) is 5.02 Å². The van der Waals surface area contributed by atoms with Crippen LogP contribution in [0.5, 0.6) is 0 Å². The summed E-state index contributed by atoms with van der Waals surface area (Å²) in [4.78, 5) is 20.8. The lowest BCUT2D eigenvalue weighted by Gasteiger charge is -2.01. The number of nitro groups is 1. The second-order valence-electron chi connectivity index (χ2n) is 2.29. The molecule has 1 aromatic rings. The van der Waals surface area contributed by atoms with Crippen LogP contribution in [0.1, 0.15) is 10.4 Å². The summed E-state index contributed by atoms with van der Waals surface area (Å²) in [6.07, 6.45) is 0. The molecule has 0 heterocycles. The third-order valence-electron chi connectivity index (χ3n) is 1.47. The predicted octanol–water partition coefficient (Wildman–Crippen LogP) is 3.23. The van der Waals surface area contributed by atoms with E-state index in [-0.39, 0.29) is 16.3 Å². The van der Waals surface area contributed by atoms with Gasteiger partial charge in [0.1, 0.15) is 5.56 Å². The number of halogens is 3. The molecule has 0 aromatic heterocycles. The van der Waals surface area contributed by atoms with Gasteiger partial charge in [0.2, 0.25) is 0 Å². The van der Waals surface area contributed by atoms with Crippen molar-refractivity contribution < 1.29 is 9.72 Å². The summed E-state index contributed by atoms with van der Waals surface area (Å²) < 4.78 is 0.290. The Hall–Kier alpha value is -0.400. The molecule has 0 saturated carbocycles. The fraction of sp³-hybridized carbons (Fsp3) is 0. The van der Waals surface area contributed by atoms with E-state index < -0.39 is 10.2 Å². The summed E-state index contributed by atoms with van der Waals surface area (Å²) >= 11 is 12.7. The fourth-order valence-corrected chi connectivity index (χ4v) is 2.09. The number of rotatable bonds is 2. The topological polar surface area (TPSA) is 60.2 Å². The Morgan fingerprint density at radius 1 is 1.50 bits per heavy atom. The van der Waals surface area contributed by atoms with Crippen LogP contribution in [0.3, 0.4) is 0 Å². The molecule has 0 bridgehead atoms. The van der Waals surface area contributed by atoms with Crippen LogP contribution in [0.4, 0.5) is 5.69 Å². The minimum Gasteiger partial charge on any atom is -0.275 e.